The summed E-state index contributed by atoms with van der Waals surface area (Å²) in [5.74, 6) is -1.87. The Kier molecular flexibility index (Phi) is 7.75. The normalized spacial score (nSPS) is 19.7. The fourth-order valence-electron chi connectivity index (χ4n) is 3.81. The Bertz CT molecular complexity index is 934. The molecule has 3 heterocycles. The molecule has 4 rings (SSSR count). The first kappa shape index (κ1) is 24.7. The van der Waals surface area contributed by atoms with Crippen LogP contribution in [0, 0.1) is 6.92 Å². The first-order valence-corrected chi connectivity index (χ1v) is 10.3. The number of ether oxygens (including phenoxy) is 3. The fourth-order valence-corrected chi connectivity index (χ4v) is 3.81. The van der Waals surface area contributed by atoms with E-state index in [4.69, 9.17) is 24.1 Å². The number of benzene rings is 1. The molecule has 2 aromatic rings. The number of carbonyl (C=O) groups is 1. The van der Waals surface area contributed by atoms with E-state index in [1.54, 1.807) is 13.3 Å². The smallest absolute Gasteiger partial charge is 0.490 e. The maximum atomic E-state index is 10.6. The Balaban J connectivity index is 0.000000383. The number of carboxylic acid groups (broad SMARTS) is 1. The third-order valence-electron chi connectivity index (χ3n) is 5.32. The number of hydrogen-bond acceptors (Lipinski definition) is 7. The Labute approximate surface area is 189 Å². The van der Waals surface area contributed by atoms with Gasteiger partial charge in [-0.2, -0.15) is 13.2 Å². The van der Waals surface area contributed by atoms with Crippen molar-refractivity contribution >= 4 is 5.97 Å². The van der Waals surface area contributed by atoms with Gasteiger partial charge in [0.1, 0.15) is 11.9 Å². The molecule has 0 bridgehead atoms. The molecule has 11 heteroatoms. The SMILES string of the molecule is COc1ccc(CN2CC3(CC(Oc4nccc(C)n4)CCO3)C2)cc1.O=C(O)C(F)(F)F. The summed E-state index contributed by atoms with van der Waals surface area (Å²) in [7, 11) is 1.69. The molecule has 1 N–H and O–H groups in total. The van der Waals surface area contributed by atoms with Crippen molar-refractivity contribution in [3.63, 3.8) is 0 Å². The van der Waals surface area contributed by atoms with Crippen molar-refractivity contribution in [2.75, 3.05) is 26.8 Å². The Morgan fingerprint density at radius 2 is 1.94 bits per heavy atom. The third-order valence-corrected chi connectivity index (χ3v) is 5.32. The average molecular weight is 469 g/mol. The molecule has 1 aromatic heterocycles. The van der Waals surface area contributed by atoms with Gasteiger partial charge in [0.15, 0.2) is 0 Å². The van der Waals surface area contributed by atoms with Crippen molar-refractivity contribution in [2.24, 2.45) is 0 Å². The van der Waals surface area contributed by atoms with E-state index < -0.39 is 12.1 Å². The first-order chi connectivity index (χ1) is 15.6. The van der Waals surface area contributed by atoms with E-state index >= 15 is 0 Å². The fraction of sp³-hybridized carbons (Fsp3) is 0.500. The molecule has 0 saturated carbocycles. The highest BCUT2D eigenvalue weighted by Crippen LogP contribution is 2.36. The molecule has 180 valence electrons. The summed E-state index contributed by atoms with van der Waals surface area (Å²) in [6.45, 7) is 5.48. The van der Waals surface area contributed by atoms with Gasteiger partial charge in [0.05, 0.1) is 19.3 Å². The lowest BCUT2D eigenvalue weighted by molar-refractivity contribution is -0.192. The van der Waals surface area contributed by atoms with Crippen LogP contribution in [0.25, 0.3) is 0 Å². The Morgan fingerprint density at radius 1 is 1.27 bits per heavy atom. The maximum absolute atomic E-state index is 10.6. The highest BCUT2D eigenvalue weighted by molar-refractivity contribution is 5.73. The number of methoxy groups -OCH3 is 1. The zero-order valence-electron chi connectivity index (χ0n) is 18.3. The van der Waals surface area contributed by atoms with Crippen LogP contribution in [-0.2, 0) is 16.1 Å². The van der Waals surface area contributed by atoms with Gasteiger partial charge < -0.3 is 19.3 Å². The molecule has 2 fully saturated rings. The van der Waals surface area contributed by atoms with Gasteiger partial charge in [-0.3, -0.25) is 4.90 Å². The lowest BCUT2D eigenvalue weighted by Crippen LogP contribution is -2.65. The molecule has 8 nitrogen and oxygen atoms in total. The first-order valence-electron chi connectivity index (χ1n) is 10.3. The number of rotatable bonds is 5. The van der Waals surface area contributed by atoms with Crippen LogP contribution in [0.4, 0.5) is 13.2 Å². The molecular formula is C22H26F3N3O5. The van der Waals surface area contributed by atoms with Gasteiger partial charge in [0.2, 0.25) is 0 Å². The Hall–Kier alpha value is -2.92. The van der Waals surface area contributed by atoms with Crippen molar-refractivity contribution in [1.29, 1.82) is 0 Å². The lowest BCUT2D eigenvalue weighted by Gasteiger charge is -2.53. The number of hydrogen-bond donors (Lipinski definition) is 1. The van der Waals surface area contributed by atoms with Crippen molar-refractivity contribution in [3.8, 4) is 11.8 Å². The molecule has 33 heavy (non-hydrogen) atoms. The monoisotopic (exact) mass is 469 g/mol. The van der Waals surface area contributed by atoms with Crippen molar-refractivity contribution < 1.29 is 37.3 Å². The van der Waals surface area contributed by atoms with Gasteiger partial charge in [-0.25, -0.2) is 14.8 Å². The van der Waals surface area contributed by atoms with Crippen molar-refractivity contribution in [3.05, 3.63) is 47.8 Å². The van der Waals surface area contributed by atoms with E-state index in [1.807, 2.05) is 25.1 Å². The number of likely N-dealkylation sites (tertiary alicyclic amines) is 1. The van der Waals surface area contributed by atoms with Crippen LogP contribution in [0.5, 0.6) is 11.8 Å². The summed E-state index contributed by atoms with van der Waals surface area (Å²) in [5, 5.41) is 7.12. The number of aliphatic carboxylic acids is 1. The summed E-state index contributed by atoms with van der Waals surface area (Å²) in [4.78, 5) is 19.9. The summed E-state index contributed by atoms with van der Waals surface area (Å²) in [6.07, 6.45) is -1.44. The van der Waals surface area contributed by atoms with E-state index in [0.717, 1.165) is 50.5 Å². The van der Waals surface area contributed by atoms with Crippen LogP contribution >= 0.6 is 0 Å². The zero-order valence-corrected chi connectivity index (χ0v) is 18.3. The minimum atomic E-state index is -5.08. The van der Waals surface area contributed by atoms with E-state index in [-0.39, 0.29) is 11.7 Å². The molecule has 1 atom stereocenters. The summed E-state index contributed by atoms with van der Waals surface area (Å²) >= 11 is 0. The van der Waals surface area contributed by atoms with E-state index in [2.05, 4.69) is 27.0 Å². The van der Waals surface area contributed by atoms with Gasteiger partial charge in [-0.1, -0.05) is 12.1 Å². The lowest BCUT2D eigenvalue weighted by atomic mass is 9.84. The van der Waals surface area contributed by atoms with Crippen LogP contribution in [0.15, 0.2) is 36.5 Å². The largest absolute Gasteiger partial charge is 0.497 e. The van der Waals surface area contributed by atoms with Gasteiger partial charge in [-0.05, 0) is 30.7 Å². The van der Waals surface area contributed by atoms with Crippen LogP contribution in [0.1, 0.15) is 24.1 Å². The summed E-state index contributed by atoms with van der Waals surface area (Å²) in [5.41, 5.74) is 2.13. The summed E-state index contributed by atoms with van der Waals surface area (Å²) in [6, 6.07) is 10.6. The molecule has 2 aliphatic heterocycles. The number of halogens is 3. The molecule has 2 aliphatic rings. The quantitative estimate of drug-likeness (QED) is 0.714. The average Bonchev–Trinajstić information content (AvgIpc) is 2.73. The van der Waals surface area contributed by atoms with Crippen LogP contribution in [0.2, 0.25) is 0 Å². The molecule has 0 radical (unpaired) electrons. The number of aromatic nitrogens is 2. The van der Waals surface area contributed by atoms with Crippen LogP contribution in [0.3, 0.4) is 0 Å². The molecule has 2 saturated heterocycles. The van der Waals surface area contributed by atoms with Crippen LogP contribution < -0.4 is 9.47 Å². The topological polar surface area (TPSA) is 94.0 Å². The van der Waals surface area contributed by atoms with Crippen molar-refractivity contribution in [1.82, 2.24) is 14.9 Å². The van der Waals surface area contributed by atoms with Gasteiger partial charge in [0, 0.05) is 44.4 Å². The van der Waals surface area contributed by atoms with Crippen molar-refractivity contribution in [2.45, 2.75) is 44.2 Å². The number of aryl methyl sites for hydroxylation is 1. The predicted octanol–water partition coefficient (Wildman–Crippen LogP) is 3.24. The molecule has 1 aromatic carbocycles. The van der Waals surface area contributed by atoms with Gasteiger partial charge in [-0.15, -0.1) is 0 Å². The minimum absolute atomic E-state index is 0.0841. The van der Waals surface area contributed by atoms with Gasteiger partial charge >= 0.3 is 18.2 Å². The van der Waals surface area contributed by atoms with Crippen LogP contribution in [-0.4, -0.2) is 70.6 Å². The number of nitrogens with zero attached hydrogens (tertiary/aromatic N) is 3. The zero-order chi connectivity index (χ0) is 24.1. The highest BCUT2D eigenvalue weighted by Gasteiger charge is 2.48. The minimum Gasteiger partial charge on any atom is -0.497 e. The number of alkyl halides is 3. The van der Waals surface area contributed by atoms with Gasteiger partial charge in [0.25, 0.3) is 0 Å². The van der Waals surface area contributed by atoms with E-state index in [9.17, 15) is 13.2 Å². The highest BCUT2D eigenvalue weighted by atomic mass is 19.4. The summed E-state index contributed by atoms with van der Waals surface area (Å²) < 4.78 is 49.1. The second-order valence-electron chi connectivity index (χ2n) is 8.04. The second kappa shape index (κ2) is 10.3. The standard InChI is InChI=1S/C20H25N3O3.C2HF3O2/c1-15-7-9-21-19(22-15)26-18-8-10-25-20(11-18)13-23(14-20)12-16-3-5-17(24-2)6-4-16;3-2(4,5)1(6)7/h3-7,9,18H,8,10-14H2,1-2H3;(H,6,7). The number of carboxylic acids is 1. The van der Waals surface area contributed by atoms with E-state index in [1.165, 1.54) is 5.56 Å². The molecule has 1 spiro atoms. The molecular weight excluding hydrogens is 443 g/mol. The second-order valence-corrected chi connectivity index (χ2v) is 8.04. The third kappa shape index (κ3) is 7.03. The predicted molar refractivity (Wildman–Crippen MR) is 111 cm³/mol. The Morgan fingerprint density at radius 3 is 2.52 bits per heavy atom. The molecule has 0 aliphatic carbocycles. The molecule has 0 amide bonds. The molecule has 1 unspecified atom stereocenters. The van der Waals surface area contributed by atoms with E-state index in [0.29, 0.717) is 6.01 Å². The maximum Gasteiger partial charge on any atom is 0.490 e.